The molecule has 0 radical (unpaired) electrons. The maximum atomic E-state index is 14.1. The summed E-state index contributed by atoms with van der Waals surface area (Å²) in [6.07, 6.45) is 2.05. The molecule has 0 bridgehead atoms. The van der Waals surface area contributed by atoms with Gasteiger partial charge in [-0.25, -0.2) is 8.42 Å². The molecule has 0 aliphatic heterocycles. The van der Waals surface area contributed by atoms with E-state index in [2.05, 4.69) is 5.32 Å². The Morgan fingerprint density at radius 2 is 1.65 bits per heavy atom. The first-order chi connectivity index (χ1) is 19.1. The normalized spacial score (nSPS) is 12.0. The number of carbonyl (C=O) groups excluding carboxylic acids is 2. The van der Waals surface area contributed by atoms with Gasteiger partial charge in [-0.3, -0.25) is 13.9 Å². The fourth-order valence-electron chi connectivity index (χ4n) is 4.29. The number of hydrogen-bond donors (Lipinski definition) is 1. The highest BCUT2D eigenvalue weighted by Gasteiger charge is 2.33. The van der Waals surface area contributed by atoms with Crippen LogP contribution in [0.1, 0.15) is 44.2 Å². The summed E-state index contributed by atoms with van der Waals surface area (Å²) in [5.41, 5.74) is 1.86. The third-order valence-electron chi connectivity index (χ3n) is 6.45. The van der Waals surface area contributed by atoms with Gasteiger partial charge in [-0.2, -0.15) is 0 Å². The number of rotatable bonds is 13. The lowest BCUT2D eigenvalue weighted by atomic mass is 10.1. The van der Waals surface area contributed by atoms with Gasteiger partial charge in [0.05, 0.1) is 20.6 Å². The summed E-state index contributed by atoms with van der Waals surface area (Å²) in [4.78, 5) is 28.8. The third-order valence-corrected chi connectivity index (χ3v) is 8.98. The number of nitrogens with one attached hydrogen (secondary N) is 1. The van der Waals surface area contributed by atoms with E-state index in [1.807, 2.05) is 26.8 Å². The topological polar surface area (TPSA) is 86.8 Å². The van der Waals surface area contributed by atoms with Gasteiger partial charge in [-0.15, -0.1) is 0 Å². The van der Waals surface area contributed by atoms with Crippen LogP contribution in [0, 0.1) is 6.92 Å². The van der Waals surface area contributed by atoms with E-state index in [0.29, 0.717) is 34.3 Å². The standard InChI is InChI=1S/C30H35Cl2N3O4S/c1-4-6-17-33-30(37)28(5-2)34(20-23-15-16-26(31)27(32)19-23)29(36)21-35(24-12-10-11-22(3)18-24)40(38,39)25-13-8-7-9-14-25/h7-16,18-19,28H,4-6,17,20-21H2,1-3H3,(H,33,37). The zero-order valence-corrected chi connectivity index (χ0v) is 25.3. The first-order valence-electron chi connectivity index (χ1n) is 13.2. The average Bonchev–Trinajstić information content (AvgIpc) is 2.94. The van der Waals surface area contributed by atoms with Crippen LogP contribution in [0.25, 0.3) is 0 Å². The molecule has 0 heterocycles. The molecule has 40 heavy (non-hydrogen) atoms. The molecule has 10 heteroatoms. The van der Waals surface area contributed by atoms with Crippen molar-refractivity contribution in [1.82, 2.24) is 10.2 Å². The fraction of sp³-hybridized carbons (Fsp3) is 0.333. The molecule has 1 atom stereocenters. The van der Waals surface area contributed by atoms with Crippen molar-refractivity contribution < 1.29 is 18.0 Å². The molecule has 0 spiro atoms. The highest BCUT2D eigenvalue weighted by atomic mass is 35.5. The number of hydrogen-bond acceptors (Lipinski definition) is 4. The number of halogens is 2. The molecule has 7 nitrogen and oxygen atoms in total. The third kappa shape index (κ3) is 7.99. The van der Waals surface area contributed by atoms with Gasteiger partial charge in [0.1, 0.15) is 12.6 Å². The lowest BCUT2D eigenvalue weighted by molar-refractivity contribution is -0.140. The lowest BCUT2D eigenvalue weighted by Gasteiger charge is -2.33. The molecule has 3 aromatic carbocycles. The molecule has 3 rings (SSSR count). The Morgan fingerprint density at radius 1 is 0.925 bits per heavy atom. The zero-order chi connectivity index (χ0) is 29.3. The number of nitrogens with zero attached hydrogens (tertiary/aromatic N) is 2. The van der Waals surface area contributed by atoms with Crippen molar-refractivity contribution >= 4 is 50.7 Å². The van der Waals surface area contributed by atoms with Gasteiger partial charge < -0.3 is 10.2 Å². The number of aryl methyl sites for hydroxylation is 1. The van der Waals surface area contributed by atoms with Crippen LogP contribution in [-0.4, -0.2) is 44.3 Å². The smallest absolute Gasteiger partial charge is 0.264 e. The van der Waals surface area contributed by atoms with Crippen LogP contribution in [0.5, 0.6) is 0 Å². The molecular weight excluding hydrogens is 569 g/mol. The molecule has 0 fully saturated rings. The summed E-state index contributed by atoms with van der Waals surface area (Å²) in [7, 11) is -4.11. The SMILES string of the molecule is CCCCNC(=O)C(CC)N(Cc1ccc(Cl)c(Cl)c1)C(=O)CN(c1cccc(C)c1)S(=O)(=O)c1ccccc1. The molecule has 0 saturated carbocycles. The van der Waals surface area contributed by atoms with Crippen LogP contribution >= 0.6 is 23.2 Å². The van der Waals surface area contributed by atoms with E-state index in [1.165, 1.54) is 17.0 Å². The van der Waals surface area contributed by atoms with Crippen molar-refractivity contribution in [1.29, 1.82) is 0 Å². The van der Waals surface area contributed by atoms with Gasteiger partial charge in [0.2, 0.25) is 11.8 Å². The van der Waals surface area contributed by atoms with E-state index < -0.39 is 28.5 Å². The molecule has 0 aromatic heterocycles. The van der Waals surface area contributed by atoms with E-state index in [4.69, 9.17) is 23.2 Å². The number of sulfonamides is 1. The van der Waals surface area contributed by atoms with Crippen molar-refractivity contribution in [2.24, 2.45) is 0 Å². The second kappa shape index (κ2) is 14.5. The van der Waals surface area contributed by atoms with Crippen molar-refractivity contribution in [3.63, 3.8) is 0 Å². The number of carbonyl (C=O) groups is 2. The highest BCUT2D eigenvalue weighted by Crippen LogP contribution is 2.27. The van der Waals surface area contributed by atoms with Crippen molar-refractivity contribution in [3.05, 3.63) is 94.0 Å². The maximum Gasteiger partial charge on any atom is 0.264 e. The van der Waals surface area contributed by atoms with E-state index in [-0.39, 0.29) is 17.3 Å². The quantitative estimate of drug-likeness (QED) is 0.235. The number of unbranched alkanes of at least 4 members (excludes halogenated alkanes) is 1. The second-order valence-corrected chi connectivity index (χ2v) is 12.2. The molecule has 3 aromatic rings. The number of anilines is 1. The molecule has 0 saturated heterocycles. The Balaban J connectivity index is 2.04. The highest BCUT2D eigenvalue weighted by molar-refractivity contribution is 7.92. The van der Waals surface area contributed by atoms with E-state index >= 15 is 0 Å². The Hall–Kier alpha value is -3.07. The van der Waals surface area contributed by atoms with Gasteiger partial charge >= 0.3 is 0 Å². The first-order valence-corrected chi connectivity index (χ1v) is 15.4. The zero-order valence-electron chi connectivity index (χ0n) is 22.9. The van der Waals surface area contributed by atoms with E-state index in [1.54, 1.807) is 54.6 Å². The molecule has 1 N–H and O–H groups in total. The van der Waals surface area contributed by atoms with Crippen molar-refractivity contribution in [2.75, 3.05) is 17.4 Å². The number of amides is 2. The number of benzene rings is 3. The Kier molecular flexibility index (Phi) is 11.4. The van der Waals surface area contributed by atoms with Gasteiger partial charge in [-0.05, 0) is 67.3 Å². The minimum atomic E-state index is -4.11. The van der Waals surface area contributed by atoms with Gasteiger partial charge in [0.15, 0.2) is 0 Å². The summed E-state index contributed by atoms with van der Waals surface area (Å²) in [6, 6.07) is 19.1. The molecule has 214 valence electrons. The maximum absolute atomic E-state index is 14.1. The average molecular weight is 605 g/mol. The molecule has 0 aliphatic rings. The van der Waals surface area contributed by atoms with Crippen LogP contribution < -0.4 is 9.62 Å². The summed E-state index contributed by atoms with van der Waals surface area (Å²) >= 11 is 12.3. The van der Waals surface area contributed by atoms with E-state index in [9.17, 15) is 18.0 Å². The van der Waals surface area contributed by atoms with Crippen molar-refractivity contribution in [3.8, 4) is 0 Å². The van der Waals surface area contributed by atoms with Gasteiger partial charge in [0, 0.05) is 13.1 Å². The van der Waals surface area contributed by atoms with Crippen molar-refractivity contribution in [2.45, 2.75) is 57.5 Å². The molecule has 1 unspecified atom stereocenters. The predicted octanol–water partition coefficient (Wildman–Crippen LogP) is 6.22. The van der Waals surface area contributed by atoms with Crippen LogP contribution in [0.4, 0.5) is 5.69 Å². The van der Waals surface area contributed by atoms with Crippen LogP contribution in [0.3, 0.4) is 0 Å². The predicted molar refractivity (Wildman–Crippen MR) is 161 cm³/mol. The summed E-state index contributed by atoms with van der Waals surface area (Å²) in [5, 5.41) is 3.60. The monoisotopic (exact) mass is 603 g/mol. The Bertz CT molecular complexity index is 1420. The molecule has 0 aliphatic carbocycles. The summed E-state index contributed by atoms with van der Waals surface area (Å²) in [5.74, 6) is -0.818. The fourth-order valence-corrected chi connectivity index (χ4v) is 6.04. The lowest BCUT2D eigenvalue weighted by Crippen LogP contribution is -2.52. The minimum Gasteiger partial charge on any atom is -0.354 e. The minimum absolute atomic E-state index is 0.0441. The van der Waals surface area contributed by atoms with Crippen LogP contribution in [0.15, 0.2) is 77.7 Å². The summed E-state index contributed by atoms with van der Waals surface area (Å²) in [6.45, 7) is 5.72. The molecular formula is C30H35Cl2N3O4S. The molecule has 2 amide bonds. The Labute approximate surface area is 247 Å². The second-order valence-electron chi connectivity index (χ2n) is 9.50. The van der Waals surface area contributed by atoms with Gasteiger partial charge in [-0.1, -0.05) is 79.9 Å². The Morgan fingerprint density at radius 3 is 2.27 bits per heavy atom. The van der Waals surface area contributed by atoms with Gasteiger partial charge in [0.25, 0.3) is 10.0 Å². The van der Waals surface area contributed by atoms with Crippen LogP contribution in [0.2, 0.25) is 10.0 Å². The van der Waals surface area contributed by atoms with Crippen LogP contribution in [-0.2, 0) is 26.2 Å². The largest absolute Gasteiger partial charge is 0.354 e. The first kappa shape index (κ1) is 31.5. The summed E-state index contributed by atoms with van der Waals surface area (Å²) < 4.78 is 28.8. The van der Waals surface area contributed by atoms with E-state index in [0.717, 1.165) is 22.7 Å².